The molecule has 0 spiro atoms. The molecule has 0 fully saturated rings. The maximum absolute atomic E-state index is 8.89. The van der Waals surface area contributed by atoms with Gasteiger partial charge in [0.2, 0.25) is 0 Å². The first kappa shape index (κ1) is 22.7. The molecule has 0 rings (SSSR count). The topological polar surface area (TPSA) is 112 Å². The second-order valence-electron chi connectivity index (χ2n) is 0.983. The zero-order valence-corrected chi connectivity index (χ0v) is 7.11. The van der Waals surface area contributed by atoms with Crippen molar-refractivity contribution < 1.29 is 44.8 Å². The number of aliphatic carboxylic acids is 2. The van der Waals surface area contributed by atoms with Crippen LogP contribution in [0, 0.1) is 0 Å². The van der Waals surface area contributed by atoms with Crippen LogP contribution in [0.4, 0.5) is 0 Å². The minimum absolute atomic E-state index is 0. The van der Waals surface area contributed by atoms with E-state index in [2.05, 4.69) is 0 Å². The Labute approximate surface area is 71.1 Å². The Balaban J connectivity index is -0.0000000300. The normalized spacial score (nSPS) is 5.00. The summed E-state index contributed by atoms with van der Waals surface area (Å²) in [5.74, 6) is -2.17. The molecule has 10 heavy (non-hydrogen) atoms. The molecule has 5 nitrogen and oxygen atoms in total. The van der Waals surface area contributed by atoms with E-state index in [0.29, 0.717) is 0 Å². The molecule has 0 aliphatic rings. The Morgan fingerprint density at radius 1 is 1.00 bits per heavy atom. The van der Waals surface area contributed by atoms with Gasteiger partial charge in [-0.2, -0.15) is 0 Å². The second kappa shape index (κ2) is 15.8. The van der Waals surface area contributed by atoms with E-state index in [1.165, 1.54) is 0 Å². The number of hydrogen-bond acceptors (Lipinski definition) is 4. The van der Waals surface area contributed by atoms with E-state index >= 15 is 0 Å². The van der Waals surface area contributed by atoms with Crippen LogP contribution >= 0.6 is 0 Å². The molecule has 2 N–H and O–H groups in total. The standard InChI is InChI=1S/2C2H4O2.H2O.Rh/c2*1-2(3)4;;/h2*1H3,(H,3,4);1H2;/q;;;+2/p-2. The van der Waals surface area contributed by atoms with Crippen molar-refractivity contribution in [2.45, 2.75) is 13.8 Å². The van der Waals surface area contributed by atoms with Gasteiger partial charge in [0.1, 0.15) is 0 Å². The summed E-state index contributed by atoms with van der Waals surface area (Å²) in [7, 11) is 0. The van der Waals surface area contributed by atoms with E-state index < -0.39 is 11.9 Å². The Kier molecular flexibility index (Phi) is 35.9. The monoisotopic (exact) mass is 239 g/mol. The minimum Gasteiger partial charge on any atom is -0.550 e. The fourth-order valence-corrected chi connectivity index (χ4v) is 0. The SMILES string of the molecule is CC(=O)[O-].CC(=O)[O-].O.[Rh+2]. The van der Waals surface area contributed by atoms with Crippen molar-refractivity contribution in [3.63, 3.8) is 0 Å². The van der Waals surface area contributed by atoms with Crippen molar-refractivity contribution >= 4 is 11.9 Å². The van der Waals surface area contributed by atoms with Crippen molar-refractivity contribution in [3.8, 4) is 0 Å². The summed E-state index contributed by atoms with van der Waals surface area (Å²) in [6, 6.07) is 0. The van der Waals surface area contributed by atoms with Gasteiger partial charge in [-0.1, -0.05) is 0 Å². The third kappa shape index (κ3) is 1410. The van der Waals surface area contributed by atoms with E-state index in [0.717, 1.165) is 13.8 Å². The molecule has 0 atom stereocenters. The molecule has 0 aromatic heterocycles. The van der Waals surface area contributed by atoms with Crippen LogP contribution in [0.25, 0.3) is 0 Å². The summed E-state index contributed by atoms with van der Waals surface area (Å²) < 4.78 is 0. The van der Waals surface area contributed by atoms with Gasteiger partial charge in [-0.3, -0.25) is 0 Å². The van der Waals surface area contributed by atoms with Gasteiger partial charge in [0.05, 0.1) is 0 Å². The first-order chi connectivity index (χ1) is 3.46. The van der Waals surface area contributed by atoms with Crippen LogP contribution in [0.2, 0.25) is 0 Å². The quantitative estimate of drug-likeness (QED) is 0.411. The number of carboxylic acids is 2. The molecule has 0 heterocycles. The largest absolute Gasteiger partial charge is 2.00 e. The van der Waals surface area contributed by atoms with Crippen LogP contribution in [0.3, 0.4) is 0 Å². The number of carbonyl (C=O) groups excluding carboxylic acids is 2. The van der Waals surface area contributed by atoms with Crippen LogP contribution in [-0.4, -0.2) is 17.4 Å². The Morgan fingerprint density at radius 3 is 1.00 bits per heavy atom. The van der Waals surface area contributed by atoms with E-state index in [9.17, 15) is 0 Å². The minimum atomic E-state index is -1.08. The van der Waals surface area contributed by atoms with E-state index in [1.807, 2.05) is 0 Å². The molecule has 1 radical (unpaired) electrons. The zero-order chi connectivity index (χ0) is 7.15. The molecule has 0 amide bonds. The van der Waals surface area contributed by atoms with Crippen LogP contribution in [-0.2, 0) is 29.1 Å². The van der Waals surface area contributed by atoms with Crippen LogP contribution in [0.15, 0.2) is 0 Å². The fourth-order valence-electron chi connectivity index (χ4n) is 0. The van der Waals surface area contributed by atoms with Crippen molar-refractivity contribution in [1.29, 1.82) is 0 Å². The third-order valence-electron chi connectivity index (χ3n) is 0. The van der Waals surface area contributed by atoms with Crippen LogP contribution in [0.5, 0.6) is 0 Å². The summed E-state index contributed by atoms with van der Waals surface area (Å²) >= 11 is 0. The van der Waals surface area contributed by atoms with Gasteiger partial charge in [0, 0.05) is 11.9 Å². The summed E-state index contributed by atoms with van der Waals surface area (Å²) in [6.45, 7) is 1.94. The second-order valence-corrected chi connectivity index (χ2v) is 0.983. The molecule has 0 aliphatic carbocycles. The van der Waals surface area contributed by atoms with Crippen molar-refractivity contribution in [3.05, 3.63) is 0 Å². The predicted molar refractivity (Wildman–Crippen MR) is 25.0 cm³/mol. The summed E-state index contributed by atoms with van der Waals surface area (Å²) in [5.41, 5.74) is 0. The Morgan fingerprint density at radius 2 is 1.00 bits per heavy atom. The number of carboxylic acid groups (broad SMARTS) is 2. The van der Waals surface area contributed by atoms with Gasteiger partial charge >= 0.3 is 19.5 Å². The molecule has 0 aromatic carbocycles. The molecule has 0 aromatic rings. The third-order valence-corrected chi connectivity index (χ3v) is 0. The molecule has 6 heteroatoms. The average Bonchev–Trinajstić information content (AvgIpc) is 1.25. The summed E-state index contributed by atoms with van der Waals surface area (Å²) in [4.78, 5) is 17.8. The van der Waals surface area contributed by atoms with Gasteiger partial charge in [0.25, 0.3) is 0 Å². The number of hydrogen-bond donors (Lipinski definition) is 0. The van der Waals surface area contributed by atoms with Gasteiger partial charge < -0.3 is 25.3 Å². The molecule has 0 aliphatic heterocycles. The molecule has 0 saturated carbocycles. The Bertz CT molecular complexity index is 71.6. The Hall–Kier alpha value is -0.477. The van der Waals surface area contributed by atoms with Gasteiger partial charge in [-0.15, -0.1) is 0 Å². The zero-order valence-electron chi connectivity index (χ0n) is 5.47. The first-order valence-electron chi connectivity index (χ1n) is 1.82. The van der Waals surface area contributed by atoms with E-state index in [1.54, 1.807) is 0 Å². The van der Waals surface area contributed by atoms with E-state index in [4.69, 9.17) is 19.8 Å². The molecule has 0 saturated heterocycles. The molecule has 0 bridgehead atoms. The van der Waals surface area contributed by atoms with Crippen molar-refractivity contribution in [2.75, 3.05) is 0 Å². The average molecular weight is 239 g/mol. The van der Waals surface area contributed by atoms with Crippen molar-refractivity contribution in [1.82, 2.24) is 0 Å². The van der Waals surface area contributed by atoms with Crippen LogP contribution < -0.4 is 10.2 Å². The molecular weight excluding hydrogens is 231 g/mol. The molecular formula is C4H8O5Rh. The smallest absolute Gasteiger partial charge is 0.550 e. The predicted octanol–water partition coefficient (Wildman–Crippen LogP) is -3.31. The number of carbonyl (C=O) groups is 2. The summed E-state index contributed by atoms with van der Waals surface area (Å²) in [5, 5.41) is 17.8. The number of rotatable bonds is 0. The maximum Gasteiger partial charge on any atom is 2.00 e. The molecule has 0 unspecified atom stereocenters. The fraction of sp³-hybridized carbons (Fsp3) is 0.500. The van der Waals surface area contributed by atoms with Crippen molar-refractivity contribution in [2.24, 2.45) is 0 Å². The van der Waals surface area contributed by atoms with Gasteiger partial charge in [-0.25, -0.2) is 0 Å². The summed E-state index contributed by atoms with van der Waals surface area (Å²) in [6.07, 6.45) is 0. The van der Waals surface area contributed by atoms with Gasteiger partial charge in [0.15, 0.2) is 0 Å². The maximum atomic E-state index is 8.89. The first-order valence-corrected chi connectivity index (χ1v) is 1.82. The molecule has 63 valence electrons. The van der Waals surface area contributed by atoms with E-state index in [-0.39, 0.29) is 25.0 Å². The van der Waals surface area contributed by atoms with Gasteiger partial charge in [-0.05, 0) is 13.8 Å². The van der Waals surface area contributed by atoms with Crippen LogP contribution in [0.1, 0.15) is 13.8 Å².